The lowest BCUT2D eigenvalue weighted by molar-refractivity contribution is -0.0709. The first-order valence-corrected chi connectivity index (χ1v) is 11.7. The van der Waals surface area contributed by atoms with Gasteiger partial charge in [-0.3, -0.25) is 4.90 Å². The molecule has 176 valence electrons. The Kier molecular flexibility index (Phi) is 6.05. The normalized spacial score (nSPS) is 16.7. The molecule has 0 radical (unpaired) electrons. The van der Waals surface area contributed by atoms with E-state index in [1.165, 1.54) is 23.4 Å². The molecule has 2 atom stereocenters. The van der Waals surface area contributed by atoms with Crippen molar-refractivity contribution in [2.45, 2.75) is 38.2 Å². The van der Waals surface area contributed by atoms with Gasteiger partial charge in [0.15, 0.2) is 0 Å². The number of halogens is 3. The van der Waals surface area contributed by atoms with Crippen LogP contribution >= 0.6 is 15.9 Å². The summed E-state index contributed by atoms with van der Waals surface area (Å²) in [5.74, 6) is -0.637. The minimum Gasteiger partial charge on any atom is -0.381 e. The van der Waals surface area contributed by atoms with Crippen LogP contribution in [0.1, 0.15) is 18.3 Å². The first-order valence-electron chi connectivity index (χ1n) is 10.9. The van der Waals surface area contributed by atoms with E-state index < -0.39 is 23.3 Å². The first kappa shape index (κ1) is 22.8. The molecule has 0 bridgehead atoms. The first-order chi connectivity index (χ1) is 16.3. The monoisotopic (exact) mass is 528 g/mol. The average Bonchev–Trinajstić information content (AvgIpc) is 3.48. The van der Waals surface area contributed by atoms with E-state index in [9.17, 15) is 13.9 Å². The van der Waals surface area contributed by atoms with Gasteiger partial charge in [-0.25, -0.2) is 23.4 Å². The number of benzene rings is 2. The van der Waals surface area contributed by atoms with E-state index in [4.69, 9.17) is 4.98 Å². The summed E-state index contributed by atoms with van der Waals surface area (Å²) in [6.07, 6.45) is 4.85. The third-order valence-electron chi connectivity index (χ3n) is 6.48. The lowest BCUT2D eigenvalue weighted by atomic mass is 9.85. The number of fused-ring (bicyclic) bond motifs is 1. The Morgan fingerprint density at radius 2 is 1.94 bits per heavy atom. The SMILES string of the molecule is CC(N1CCn2cc(-c3ccc(Br)cc3)nc2C1)C(O)(Cn1cncn1)c1ccc(F)cc1F. The van der Waals surface area contributed by atoms with Crippen LogP contribution in [0.4, 0.5) is 8.78 Å². The molecule has 1 N–H and O–H groups in total. The van der Waals surface area contributed by atoms with Gasteiger partial charge in [0.1, 0.15) is 35.7 Å². The molecule has 0 saturated heterocycles. The molecule has 0 aliphatic carbocycles. The van der Waals surface area contributed by atoms with Gasteiger partial charge in [0.05, 0.1) is 18.8 Å². The molecule has 1 aliphatic rings. The molecule has 3 heterocycles. The molecule has 2 unspecified atom stereocenters. The van der Waals surface area contributed by atoms with Crippen molar-refractivity contribution in [3.8, 4) is 11.3 Å². The van der Waals surface area contributed by atoms with Crippen molar-refractivity contribution in [1.82, 2.24) is 29.2 Å². The summed E-state index contributed by atoms with van der Waals surface area (Å²) in [7, 11) is 0. The van der Waals surface area contributed by atoms with Crippen molar-refractivity contribution in [3.63, 3.8) is 0 Å². The number of hydrogen-bond donors (Lipinski definition) is 1. The molecule has 0 amide bonds. The Labute approximate surface area is 203 Å². The standard InChI is InChI=1S/C24H23BrF2N6O/c1-16(24(34,13-33-15-28-14-29-33)20-7-6-19(26)10-21(20)27)31-8-9-32-11-22(30-23(32)12-31)17-2-4-18(25)5-3-17/h2-7,10-11,14-16,34H,8-9,12-13H2,1H3. The molecule has 0 saturated carbocycles. The van der Waals surface area contributed by atoms with Gasteiger partial charge in [-0.05, 0) is 25.1 Å². The van der Waals surface area contributed by atoms with Crippen LogP contribution in [-0.2, 0) is 25.2 Å². The van der Waals surface area contributed by atoms with Gasteiger partial charge < -0.3 is 9.67 Å². The van der Waals surface area contributed by atoms with Crippen molar-refractivity contribution in [1.29, 1.82) is 0 Å². The number of hydrogen-bond acceptors (Lipinski definition) is 5. The van der Waals surface area contributed by atoms with E-state index in [1.54, 1.807) is 0 Å². The summed E-state index contributed by atoms with van der Waals surface area (Å²) in [5.41, 5.74) is 0.219. The molecular formula is C24H23BrF2N6O. The molecule has 7 nitrogen and oxygen atoms in total. The second-order valence-corrected chi connectivity index (χ2v) is 9.45. The molecule has 0 fully saturated rings. The van der Waals surface area contributed by atoms with E-state index >= 15 is 0 Å². The van der Waals surface area contributed by atoms with E-state index in [-0.39, 0.29) is 12.1 Å². The second-order valence-electron chi connectivity index (χ2n) is 8.53. The second kappa shape index (κ2) is 9.01. The minimum absolute atomic E-state index is 0.0152. The highest BCUT2D eigenvalue weighted by molar-refractivity contribution is 9.10. The zero-order valence-electron chi connectivity index (χ0n) is 18.4. The predicted octanol–water partition coefficient (Wildman–Crippen LogP) is 3.97. The minimum atomic E-state index is -1.69. The van der Waals surface area contributed by atoms with Crippen LogP contribution in [0.15, 0.2) is 65.8 Å². The summed E-state index contributed by atoms with van der Waals surface area (Å²) in [4.78, 5) is 10.8. The molecule has 1 aliphatic heterocycles. The smallest absolute Gasteiger partial charge is 0.137 e. The molecule has 2 aromatic heterocycles. The molecule has 34 heavy (non-hydrogen) atoms. The fourth-order valence-corrected chi connectivity index (χ4v) is 4.77. The van der Waals surface area contributed by atoms with E-state index in [0.717, 1.165) is 33.7 Å². The van der Waals surface area contributed by atoms with E-state index in [1.807, 2.05) is 37.4 Å². The number of aliphatic hydroxyl groups is 1. The van der Waals surface area contributed by atoms with Gasteiger partial charge in [0.25, 0.3) is 0 Å². The summed E-state index contributed by atoms with van der Waals surface area (Å²) in [5, 5.41) is 16.0. The summed E-state index contributed by atoms with van der Waals surface area (Å²) < 4.78 is 33.1. The third kappa shape index (κ3) is 4.28. The van der Waals surface area contributed by atoms with Gasteiger partial charge in [-0.2, -0.15) is 5.10 Å². The number of aromatic nitrogens is 5. The van der Waals surface area contributed by atoms with Gasteiger partial charge >= 0.3 is 0 Å². The zero-order valence-corrected chi connectivity index (χ0v) is 20.0. The highest BCUT2D eigenvalue weighted by Gasteiger charge is 2.43. The van der Waals surface area contributed by atoms with Gasteiger partial charge in [-0.1, -0.05) is 34.1 Å². The van der Waals surface area contributed by atoms with Crippen LogP contribution < -0.4 is 0 Å². The van der Waals surface area contributed by atoms with Crippen molar-refractivity contribution in [2.24, 2.45) is 0 Å². The molecule has 0 spiro atoms. The summed E-state index contributed by atoms with van der Waals surface area (Å²) in [6, 6.07) is 10.7. The predicted molar refractivity (Wildman–Crippen MR) is 126 cm³/mol. The third-order valence-corrected chi connectivity index (χ3v) is 7.01. The molecule has 10 heteroatoms. The maximum Gasteiger partial charge on any atom is 0.137 e. The Hall–Kier alpha value is -2.95. The Morgan fingerprint density at radius 3 is 2.65 bits per heavy atom. The van der Waals surface area contributed by atoms with Gasteiger partial charge in [-0.15, -0.1) is 0 Å². The van der Waals surface area contributed by atoms with Crippen molar-refractivity contribution >= 4 is 15.9 Å². The highest BCUT2D eigenvalue weighted by Crippen LogP contribution is 2.34. The van der Waals surface area contributed by atoms with Crippen LogP contribution in [-0.4, -0.2) is 46.9 Å². The number of nitrogens with zero attached hydrogens (tertiary/aromatic N) is 6. The van der Waals surface area contributed by atoms with Crippen LogP contribution in [0, 0.1) is 11.6 Å². The maximum absolute atomic E-state index is 14.9. The Balaban J connectivity index is 1.45. The van der Waals surface area contributed by atoms with Gasteiger partial charge in [0.2, 0.25) is 0 Å². The van der Waals surface area contributed by atoms with Gasteiger partial charge in [0, 0.05) is 47.0 Å². The number of rotatable bonds is 6. The van der Waals surface area contributed by atoms with Crippen molar-refractivity contribution in [3.05, 3.63) is 88.8 Å². The summed E-state index contributed by atoms with van der Waals surface area (Å²) in [6.45, 7) is 3.58. The molecular weight excluding hydrogens is 506 g/mol. The molecule has 5 rings (SSSR count). The molecule has 4 aromatic rings. The number of imidazole rings is 1. The lowest BCUT2D eigenvalue weighted by Gasteiger charge is -2.42. The topological polar surface area (TPSA) is 72.0 Å². The maximum atomic E-state index is 14.9. The van der Waals surface area contributed by atoms with E-state index in [0.29, 0.717) is 19.6 Å². The van der Waals surface area contributed by atoms with Crippen molar-refractivity contribution < 1.29 is 13.9 Å². The quantitative estimate of drug-likeness (QED) is 0.410. The lowest BCUT2D eigenvalue weighted by Crippen LogP contribution is -2.53. The van der Waals surface area contributed by atoms with Crippen LogP contribution in [0.25, 0.3) is 11.3 Å². The van der Waals surface area contributed by atoms with E-state index in [2.05, 4.69) is 35.5 Å². The zero-order chi connectivity index (χ0) is 23.9. The Bertz CT molecular complexity index is 1290. The average molecular weight is 529 g/mol. The largest absolute Gasteiger partial charge is 0.381 e. The fraction of sp³-hybridized carbons (Fsp3) is 0.292. The van der Waals surface area contributed by atoms with Crippen molar-refractivity contribution in [2.75, 3.05) is 6.54 Å². The Morgan fingerprint density at radius 1 is 1.15 bits per heavy atom. The van der Waals surface area contributed by atoms with Crippen LogP contribution in [0.5, 0.6) is 0 Å². The molecule has 2 aromatic carbocycles. The highest BCUT2D eigenvalue weighted by atomic mass is 79.9. The van der Waals surface area contributed by atoms with Crippen LogP contribution in [0.3, 0.4) is 0 Å². The fourth-order valence-electron chi connectivity index (χ4n) is 4.51. The summed E-state index contributed by atoms with van der Waals surface area (Å²) >= 11 is 3.45. The van der Waals surface area contributed by atoms with Crippen LogP contribution in [0.2, 0.25) is 0 Å².